The predicted molar refractivity (Wildman–Crippen MR) is 75.8 cm³/mol. The predicted octanol–water partition coefficient (Wildman–Crippen LogP) is 4.39. The first-order valence-electron chi connectivity index (χ1n) is 7.11. The molecule has 1 heteroatoms. The second-order valence-electron chi connectivity index (χ2n) is 5.91. The number of rotatable bonds is 9. The van der Waals surface area contributed by atoms with E-state index in [-0.39, 0.29) is 0 Å². The summed E-state index contributed by atoms with van der Waals surface area (Å²) in [6, 6.07) is 0. The molecular formula is C16H30O. The van der Waals surface area contributed by atoms with Crippen molar-refractivity contribution in [2.45, 2.75) is 78.2 Å². The molecule has 0 heterocycles. The highest BCUT2D eigenvalue weighted by molar-refractivity contribution is 5.03. The molecule has 2 atom stereocenters. The smallest absolute Gasteiger partial charge is 0.122 e. The molecule has 0 spiro atoms. The van der Waals surface area contributed by atoms with Gasteiger partial charge in [0.1, 0.15) is 5.60 Å². The highest BCUT2D eigenvalue weighted by atomic mass is 16.3. The van der Waals surface area contributed by atoms with Crippen LogP contribution in [0, 0.1) is 24.2 Å². The lowest BCUT2D eigenvalue weighted by molar-refractivity contribution is 0.107. The van der Waals surface area contributed by atoms with Crippen LogP contribution in [0.3, 0.4) is 0 Å². The van der Waals surface area contributed by atoms with E-state index in [0.29, 0.717) is 0 Å². The van der Waals surface area contributed by atoms with Crippen molar-refractivity contribution in [3.05, 3.63) is 0 Å². The summed E-state index contributed by atoms with van der Waals surface area (Å²) < 4.78 is 0. The Kier molecular flexibility index (Phi) is 8.35. The standard InChI is InChI=1S/C16H30O/c1-6-15(11-8-10-14(3)4)12-9-13-16(5,17)7-2/h2,14-15,17H,6,8-13H2,1,3-5H3. The van der Waals surface area contributed by atoms with Gasteiger partial charge in [-0.3, -0.25) is 0 Å². The minimum atomic E-state index is -0.907. The van der Waals surface area contributed by atoms with Crippen LogP contribution >= 0.6 is 0 Å². The number of hydrogen-bond donors (Lipinski definition) is 1. The van der Waals surface area contributed by atoms with E-state index in [0.717, 1.165) is 24.7 Å². The van der Waals surface area contributed by atoms with Crippen molar-refractivity contribution < 1.29 is 5.11 Å². The van der Waals surface area contributed by atoms with Gasteiger partial charge in [0, 0.05) is 0 Å². The Morgan fingerprint density at radius 3 is 2.24 bits per heavy atom. The van der Waals surface area contributed by atoms with Crippen molar-refractivity contribution in [3.63, 3.8) is 0 Å². The summed E-state index contributed by atoms with van der Waals surface area (Å²) in [6.45, 7) is 8.56. The molecule has 0 rings (SSSR count). The quantitative estimate of drug-likeness (QED) is 0.591. The van der Waals surface area contributed by atoms with E-state index >= 15 is 0 Å². The normalized spacial score (nSPS) is 16.5. The Hall–Kier alpha value is -0.480. The third kappa shape index (κ3) is 9.24. The second kappa shape index (κ2) is 8.59. The fraction of sp³-hybridized carbons (Fsp3) is 0.875. The maximum absolute atomic E-state index is 9.72. The van der Waals surface area contributed by atoms with Crippen molar-refractivity contribution >= 4 is 0 Å². The van der Waals surface area contributed by atoms with Crippen molar-refractivity contribution in [2.24, 2.45) is 11.8 Å². The van der Waals surface area contributed by atoms with Crippen LogP contribution in [-0.4, -0.2) is 10.7 Å². The van der Waals surface area contributed by atoms with Gasteiger partial charge in [0.2, 0.25) is 0 Å². The zero-order chi connectivity index (χ0) is 13.3. The average Bonchev–Trinajstić information content (AvgIpc) is 2.26. The first kappa shape index (κ1) is 16.5. The summed E-state index contributed by atoms with van der Waals surface area (Å²) in [4.78, 5) is 0. The molecule has 0 aromatic carbocycles. The Morgan fingerprint density at radius 2 is 1.76 bits per heavy atom. The van der Waals surface area contributed by atoms with Crippen LogP contribution in [-0.2, 0) is 0 Å². The van der Waals surface area contributed by atoms with Crippen molar-refractivity contribution in [1.29, 1.82) is 0 Å². The summed E-state index contributed by atoms with van der Waals surface area (Å²) in [7, 11) is 0. The Bertz CT molecular complexity index is 222. The van der Waals surface area contributed by atoms with Gasteiger partial charge in [-0.1, -0.05) is 58.8 Å². The van der Waals surface area contributed by atoms with Gasteiger partial charge in [-0.2, -0.15) is 0 Å². The summed E-state index contributed by atoms with van der Waals surface area (Å²) in [5, 5.41) is 9.72. The molecule has 1 nitrogen and oxygen atoms in total. The van der Waals surface area contributed by atoms with Gasteiger partial charge in [0.25, 0.3) is 0 Å². The minimum absolute atomic E-state index is 0.726. The number of hydrogen-bond acceptors (Lipinski definition) is 1. The van der Waals surface area contributed by atoms with Gasteiger partial charge in [-0.25, -0.2) is 0 Å². The van der Waals surface area contributed by atoms with E-state index in [1.807, 2.05) is 0 Å². The van der Waals surface area contributed by atoms with E-state index < -0.39 is 5.60 Å². The van der Waals surface area contributed by atoms with E-state index in [4.69, 9.17) is 6.42 Å². The SMILES string of the molecule is C#CC(C)(O)CCCC(CC)CCCC(C)C. The van der Waals surface area contributed by atoms with Crippen LogP contribution in [0.15, 0.2) is 0 Å². The molecule has 0 bridgehead atoms. The Labute approximate surface area is 108 Å². The van der Waals surface area contributed by atoms with Gasteiger partial charge in [-0.15, -0.1) is 6.42 Å². The molecule has 0 aliphatic carbocycles. The molecule has 0 aliphatic rings. The second-order valence-corrected chi connectivity index (χ2v) is 5.91. The lowest BCUT2D eigenvalue weighted by Gasteiger charge is -2.19. The van der Waals surface area contributed by atoms with E-state index in [1.165, 1.54) is 32.1 Å². The molecule has 0 radical (unpaired) electrons. The molecule has 1 N–H and O–H groups in total. The molecule has 0 amide bonds. The molecule has 100 valence electrons. The molecular weight excluding hydrogens is 208 g/mol. The molecule has 17 heavy (non-hydrogen) atoms. The van der Waals surface area contributed by atoms with Gasteiger partial charge < -0.3 is 5.11 Å². The summed E-state index contributed by atoms with van der Waals surface area (Å²) in [6.07, 6.45) is 13.5. The summed E-state index contributed by atoms with van der Waals surface area (Å²) in [5.74, 6) is 4.07. The summed E-state index contributed by atoms with van der Waals surface area (Å²) >= 11 is 0. The zero-order valence-corrected chi connectivity index (χ0v) is 12.1. The van der Waals surface area contributed by atoms with Crippen molar-refractivity contribution in [2.75, 3.05) is 0 Å². The van der Waals surface area contributed by atoms with E-state index in [9.17, 15) is 5.11 Å². The molecule has 0 aromatic heterocycles. The fourth-order valence-corrected chi connectivity index (χ4v) is 2.17. The van der Waals surface area contributed by atoms with Crippen molar-refractivity contribution in [1.82, 2.24) is 0 Å². The van der Waals surface area contributed by atoms with Crippen LogP contribution in [0.5, 0.6) is 0 Å². The number of aliphatic hydroxyl groups is 1. The monoisotopic (exact) mass is 238 g/mol. The van der Waals surface area contributed by atoms with Crippen molar-refractivity contribution in [3.8, 4) is 12.3 Å². The van der Waals surface area contributed by atoms with Gasteiger partial charge in [0.15, 0.2) is 0 Å². The van der Waals surface area contributed by atoms with Crippen LogP contribution < -0.4 is 0 Å². The molecule has 2 unspecified atom stereocenters. The molecule has 0 fully saturated rings. The van der Waals surface area contributed by atoms with Crippen LogP contribution in [0.1, 0.15) is 72.6 Å². The summed E-state index contributed by atoms with van der Waals surface area (Å²) in [5.41, 5.74) is -0.907. The van der Waals surface area contributed by atoms with Crippen LogP contribution in [0.25, 0.3) is 0 Å². The topological polar surface area (TPSA) is 20.2 Å². The Morgan fingerprint density at radius 1 is 1.18 bits per heavy atom. The first-order valence-corrected chi connectivity index (χ1v) is 7.11. The van der Waals surface area contributed by atoms with Gasteiger partial charge >= 0.3 is 0 Å². The maximum Gasteiger partial charge on any atom is 0.122 e. The first-order chi connectivity index (χ1) is 7.91. The van der Waals surface area contributed by atoms with E-state index in [1.54, 1.807) is 6.92 Å². The molecule has 0 aromatic rings. The third-order valence-electron chi connectivity index (χ3n) is 3.56. The molecule has 0 aliphatic heterocycles. The lowest BCUT2D eigenvalue weighted by atomic mass is 9.89. The largest absolute Gasteiger partial charge is 0.378 e. The van der Waals surface area contributed by atoms with Gasteiger partial charge in [0.05, 0.1) is 0 Å². The molecule has 0 saturated heterocycles. The number of terminal acetylenes is 1. The van der Waals surface area contributed by atoms with Crippen LogP contribution in [0.4, 0.5) is 0 Å². The Balaban J connectivity index is 3.72. The lowest BCUT2D eigenvalue weighted by Crippen LogP contribution is -2.21. The van der Waals surface area contributed by atoms with E-state index in [2.05, 4.69) is 26.7 Å². The average molecular weight is 238 g/mol. The minimum Gasteiger partial charge on any atom is -0.378 e. The molecule has 0 saturated carbocycles. The fourth-order valence-electron chi connectivity index (χ4n) is 2.17. The van der Waals surface area contributed by atoms with Gasteiger partial charge in [-0.05, 0) is 31.6 Å². The third-order valence-corrected chi connectivity index (χ3v) is 3.56. The van der Waals surface area contributed by atoms with Crippen LogP contribution in [0.2, 0.25) is 0 Å². The zero-order valence-electron chi connectivity index (χ0n) is 12.1. The highest BCUT2D eigenvalue weighted by Crippen LogP contribution is 2.23. The highest BCUT2D eigenvalue weighted by Gasteiger charge is 2.16. The maximum atomic E-state index is 9.72.